The smallest absolute Gasteiger partial charge is 0.216 e. The second-order valence-electron chi connectivity index (χ2n) is 7.03. The molecule has 132 valence electrons. The van der Waals surface area contributed by atoms with E-state index in [4.69, 9.17) is 12.6 Å². The van der Waals surface area contributed by atoms with E-state index < -0.39 is 13.7 Å². The second-order valence-corrected chi connectivity index (χ2v) is 7.03. The van der Waals surface area contributed by atoms with Gasteiger partial charge >= 0.3 is 0 Å². The molecule has 5 rings (SSSR count). The summed E-state index contributed by atoms with van der Waals surface area (Å²) in [6.07, 6.45) is 1.59. The van der Waals surface area contributed by atoms with Gasteiger partial charge in [-0.25, -0.2) is 4.57 Å². The lowest BCUT2D eigenvalue weighted by Crippen LogP contribution is -2.31. The van der Waals surface area contributed by atoms with Gasteiger partial charge < -0.3 is 4.42 Å². The highest BCUT2D eigenvalue weighted by atomic mass is 16.3. The van der Waals surface area contributed by atoms with Gasteiger partial charge in [-0.05, 0) is 60.7 Å². The summed E-state index contributed by atoms with van der Waals surface area (Å²) in [5, 5.41) is 3.32. The fourth-order valence-corrected chi connectivity index (χ4v) is 3.95. The van der Waals surface area contributed by atoms with Gasteiger partial charge in [-0.3, -0.25) is 0 Å². The normalized spacial score (nSPS) is 15.9. The summed E-state index contributed by atoms with van der Waals surface area (Å²) in [6.45, 7) is -2.69. The maximum absolute atomic E-state index is 8.17. The molecule has 2 heterocycles. The van der Waals surface area contributed by atoms with Crippen LogP contribution in [0.1, 0.15) is 24.9 Å². The van der Waals surface area contributed by atoms with Crippen LogP contribution < -0.4 is 4.57 Å². The highest BCUT2D eigenvalue weighted by Gasteiger charge is 2.22. The van der Waals surface area contributed by atoms with Crippen molar-refractivity contribution in [2.75, 3.05) is 0 Å². The molecule has 0 aliphatic rings. The third-order valence-corrected chi connectivity index (χ3v) is 5.20. The van der Waals surface area contributed by atoms with Crippen LogP contribution in [-0.4, -0.2) is 0 Å². The molecule has 0 saturated carbocycles. The van der Waals surface area contributed by atoms with E-state index in [0.29, 0.717) is 16.6 Å². The molecule has 0 atom stereocenters. The van der Waals surface area contributed by atoms with Gasteiger partial charge in [-0.2, -0.15) is 0 Å². The molecule has 0 N–H and O–H groups in total. The van der Waals surface area contributed by atoms with Gasteiger partial charge in [-0.1, -0.05) is 30.3 Å². The number of aryl methyl sites for hydroxylation is 4. The standard InChI is InChI=1S/C25H22NO/c1-15-9-10-21(26(4)14-15)24-17(3)11-16(2)23-20-12-18-7-5-6-8-19(18)13-22(20)27-25(23)24/h5-14H,1-4H3/q+1/i1D3,2D3. The van der Waals surface area contributed by atoms with Crippen LogP contribution in [0.3, 0.4) is 0 Å². The Bertz CT molecular complexity index is 1560. The zero-order chi connectivity index (χ0) is 23.7. The number of pyridine rings is 1. The minimum absolute atomic E-state index is 0.234. The Morgan fingerprint density at radius 3 is 2.48 bits per heavy atom. The zero-order valence-corrected chi connectivity index (χ0v) is 15.1. The molecule has 0 aliphatic carbocycles. The van der Waals surface area contributed by atoms with Crippen molar-refractivity contribution in [3.8, 4) is 11.3 Å². The number of fused-ring (bicyclic) bond motifs is 4. The van der Waals surface area contributed by atoms with E-state index >= 15 is 0 Å². The molecular weight excluding hydrogens is 330 g/mol. The molecule has 0 unspecified atom stereocenters. The Balaban J connectivity index is 1.91. The highest BCUT2D eigenvalue weighted by molar-refractivity contribution is 6.14. The molecule has 5 aromatic rings. The molecule has 2 aromatic heterocycles. The van der Waals surface area contributed by atoms with Crippen molar-refractivity contribution in [3.05, 3.63) is 77.5 Å². The SMILES string of the molecule is [2H]C([2H])([2H])c1ccc(-c2c(C)cc(C([2H])([2H])[2H])c3c2oc2cc4ccccc4cc23)[n+](C)c1. The van der Waals surface area contributed by atoms with E-state index in [1.807, 2.05) is 43.3 Å². The summed E-state index contributed by atoms with van der Waals surface area (Å²) in [4.78, 5) is 0. The van der Waals surface area contributed by atoms with Gasteiger partial charge in [0.15, 0.2) is 6.20 Å². The van der Waals surface area contributed by atoms with Crippen molar-refractivity contribution in [2.45, 2.75) is 20.6 Å². The average molecular weight is 358 g/mol. The molecule has 0 amide bonds. The lowest BCUT2D eigenvalue weighted by Gasteiger charge is -2.08. The summed E-state index contributed by atoms with van der Waals surface area (Å²) >= 11 is 0. The summed E-state index contributed by atoms with van der Waals surface area (Å²) in [7, 11) is 1.78. The molecule has 3 aromatic carbocycles. The van der Waals surface area contributed by atoms with Crippen molar-refractivity contribution in [1.82, 2.24) is 0 Å². The first-order valence-electron chi connectivity index (χ1n) is 11.8. The fourth-order valence-electron chi connectivity index (χ4n) is 3.95. The third-order valence-electron chi connectivity index (χ3n) is 5.20. The predicted octanol–water partition coefficient (Wildman–Crippen LogP) is 6.16. The molecule has 0 spiro atoms. The molecule has 2 nitrogen and oxygen atoms in total. The zero-order valence-electron chi connectivity index (χ0n) is 21.1. The highest BCUT2D eigenvalue weighted by Crippen LogP contribution is 2.40. The van der Waals surface area contributed by atoms with E-state index in [-0.39, 0.29) is 11.1 Å². The van der Waals surface area contributed by atoms with Gasteiger partial charge in [-0.15, -0.1) is 0 Å². The van der Waals surface area contributed by atoms with Crippen LogP contribution in [0.4, 0.5) is 0 Å². The van der Waals surface area contributed by atoms with Gasteiger partial charge in [0, 0.05) is 30.6 Å². The van der Waals surface area contributed by atoms with E-state index in [1.165, 1.54) is 0 Å². The molecule has 0 bridgehead atoms. The van der Waals surface area contributed by atoms with Crippen LogP contribution in [0, 0.1) is 20.6 Å². The number of aromatic nitrogens is 1. The molecule has 0 fully saturated rings. The Morgan fingerprint density at radius 1 is 0.926 bits per heavy atom. The van der Waals surface area contributed by atoms with E-state index in [1.54, 1.807) is 36.0 Å². The lowest BCUT2D eigenvalue weighted by molar-refractivity contribution is -0.660. The summed E-state index contributed by atoms with van der Waals surface area (Å²) < 4.78 is 55.7. The Labute approximate surface area is 167 Å². The maximum atomic E-state index is 8.17. The van der Waals surface area contributed by atoms with Gasteiger partial charge in [0.25, 0.3) is 0 Å². The third kappa shape index (κ3) is 2.37. The Kier molecular flexibility index (Phi) is 2.29. The van der Waals surface area contributed by atoms with Crippen molar-refractivity contribution in [3.63, 3.8) is 0 Å². The van der Waals surface area contributed by atoms with Gasteiger partial charge in [0.05, 0.1) is 5.56 Å². The van der Waals surface area contributed by atoms with E-state index in [0.717, 1.165) is 33.0 Å². The topological polar surface area (TPSA) is 17.0 Å². The summed E-state index contributed by atoms with van der Waals surface area (Å²) in [5.74, 6) is 0. The number of hydrogen-bond donors (Lipinski definition) is 0. The molecule has 2 heteroatoms. The van der Waals surface area contributed by atoms with Crippen molar-refractivity contribution in [2.24, 2.45) is 7.05 Å². The molecule has 27 heavy (non-hydrogen) atoms. The number of benzene rings is 3. The quantitative estimate of drug-likeness (QED) is 0.328. The first-order chi connectivity index (χ1) is 15.4. The summed E-state index contributed by atoms with van der Waals surface area (Å²) in [6, 6.07) is 16.8. The van der Waals surface area contributed by atoms with Crippen LogP contribution in [-0.2, 0) is 7.05 Å². The molecule has 0 saturated heterocycles. The van der Waals surface area contributed by atoms with E-state index in [9.17, 15) is 0 Å². The van der Waals surface area contributed by atoms with Crippen LogP contribution >= 0.6 is 0 Å². The lowest BCUT2D eigenvalue weighted by atomic mass is 9.96. The molecule has 0 aliphatic heterocycles. The first kappa shape index (κ1) is 10.9. The van der Waals surface area contributed by atoms with Gasteiger partial charge in [0.2, 0.25) is 5.69 Å². The van der Waals surface area contributed by atoms with Crippen molar-refractivity contribution in [1.29, 1.82) is 0 Å². The maximum Gasteiger partial charge on any atom is 0.216 e. The van der Waals surface area contributed by atoms with Gasteiger partial charge in [0.1, 0.15) is 18.2 Å². The summed E-state index contributed by atoms with van der Waals surface area (Å²) in [5.41, 5.74) is 3.82. The number of nitrogens with zero attached hydrogens (tertiary/aromatic N) is 1. The molecular formula is C25H22NO+. The van der Waals surface area contributed by atoms with Crippen LogP contribution in [0.2, 0.25) is 0 Å². The first-order valence-corrected chi connectivity index (χ1v) is 8.85. The second kappa shape index (κ2) is 5.68. The predicted molar refractivity (Wildman–Crippen MR) is 112 cm³/mol. The van der Waals surface area contributed by atoms with Crippen molar-refractivity contribution >= 4 is 32.7 Å². The largest absolute Gasteiger partial charge is 0.455 e. The van der Waals surface area contributed by atoms with Crippen molar-refractivity contribution < 1.29 is 17.2 Å². The van der Waals surface area contributed by atoms with Crippen LogP contribution in [0.25, 0.3) is 44.0 Å². The minimum Gasteiger partial charge on any atom is -0.455 e. The average Bonchev–Trinajstić information content (AvgIpc) is 3.08. The Hall–Kier alpha value is -3.13. The number of rotatable bonds is 1. The number of furan rings is 1. The van der Waals surface area contributed by atoms with E-state index in [2.05, 4.69) is 0 Å². The van der Waals surface area contributed by atoms with Crippen LogP contribution in [0.15, 0.2) is 65.2 Å². The fraction of sp³-hybridized carbons (Fsp3) is 0.160. The molecule has 0 radical (unpaired) electrons. The number of hydrogen-bond acceptors (Lipinski definition) is 1. The minimum atomic E-state index is -2.32. The van der Waals surface area contributed by atoms with Crippen LogP contribution in [0.5, 0.6) is 0 Å². The Morgan fingerprint density at radius 2 is 1.74 bits per heavy atom. The monoisotopic (exact) mass is 358 g/mol.